The second-order valence-electron chi connectivity index (χ2n) is 3.05. The zero-order valence-corrected chi connectivity index (χ0v) is 9.00. The smallest absolute Gasteiger partial charge is 0.187 e. The van der Waals surface area contributed by atoms with E-state index in [-0.39, 0.29) is 0 Å². The molecule has 0 spiro atoms. The molecule has 2 aromatic rings. The Kier molecular flexibility index (Phi) is 3.26. The third-order valence-corrected chi connectivity index (χ3v) is 2.67. The van der Waals surface area contributed by atoms with E-state index in [1.54, 1.807) is 23.7 Å². The molecule has 2 rings (SSSR count). The summed E-state index contributed by atoms with van der Waals surface area (Å²) in [4.78, 5) is 8.41. The Labute approximate surface area is 92.2 Å². The summed E-state index contributed by atoms with van der Waals surface area (Å²) in [7, 11) is 0. The Balaban J connectivity index is 2.05. The van der Waals surface area contributed by atoms with Gasteiger partial charge in [-0.3, -0.25) is 4.98 Å². The van der Waals surface area contributed by atoms with Crippen molar-refractivity contribution >= 4 is 22.2 Å². The van der Waals surface area contributed by atoms with E-state index < -0.39 is 0 Å². The van der Waals surface area contributed by atoms with Crippen LogP contribution in [0.2, 0.25) is 0 Å². The number of hydrogen-bond donors (Lipinski definition) is 2. The van der Waals surface area contributed by atoms with Gasteiger partial charge in [0, 0.05) is 18.0 Å². The number of aromatic nitrogens is 2. The predicted octanol–water partition coefficient (Wildman–Crippen LogP) is 1.78. The molecule has 0 radical (unpaired) electrons. The molecule has 2 aromatic heterocycles. The molecule has 0 saturated carbocycles. The second kappa shape index (κ2) is 4.86. The fourth-order valence-electron chi connectivity index (χ4n) is 1.19. The number of anilines is 2. The lowest BCUT2D eigenvalue weighted by molar-refractivity contribution is 0.936. The van der Waals surface area contributed by atoms with Crippen molar-refractivity contribution in [1.82, 2.24) is 9.97 Å². The summed E-state index contributed by atoms with van der Waals surface area (Å²) in [5.74, 6) is 0. The molecule has 2 heterocycles. The first-order chi connectivity index (χ1) is 7.38. The van der Waals surface area contributed by atoms with E-state index in [1.165, 1.54) is 0 Å². The van der Waals surface area contributed by atoms with Crippen molar-refractivity contribution in [2.45, 2.75) is 6.42 Å². The topological polar surface area (TPSA) is 63.8 Å². The molecular weight excluding hydrogens is 208 g/mol. The summed E-state index contributed by atoms with van der Waals surface area (Å²) in [6.07, 6.45) is 4.34. The van der Waals surface area contributed by atoms with Crippen molar-refractivity contribution in [2.24, 2.45) is 5.73 Å². The van der Waals surface area contributed by atoms with Gasteiger partial charge in [-0.15, -0.1) is 11.3 Å². The molecule has 0 aromatic carbocycles. The summed E-state index contributed by atoms with van der Waals surface area (Å²) in [5, 5.41) is 6.09. The fourth-order valence-corrected chi connectivity index (χ4v) is 1.95. The van der Waals surface area contributed by atoms with Crippen LogP contribution in [-0.2, 0) is 6.42 Å². The summed E-state index contributed by atoms with van der Waals surface area (Å²) >= 11 is 1.58. The van der Waals surface area contributed by atoms with E-state index in [9.17, 15) is 0 Å². The van der Waals surface area contributed by atoms with Crippen LogP contribution in [0.1, 0.15) is 5.69 Å². The molecule has 4 nitrogen and oxygen atoms in total. The largest absolute Gasteiger partial charge is 0.330 e. The van der Waals surface area contributed by atoms with Gasteiger partial charge in [-0.1, -0.05) is 0 Å². The first kappa shape index (κ1) is 10.1. The highest BCUT2D eigenvalue weighted by molar-refractivity contribution is 7.13. The lowest BCUT2D eigenvalue weighted by Gasteiger charge is -1.99. The molecule has 3 N–H and O–H groups in total. The van der Waals surface area contributed by atoms with Crippen molar-refractivity contribution in [3.8, 4) is 0 Å². The monoisotopic (exact) mass is 220 g/mol. The molecule has 0 bridgehead atoms. The predicted molar refractivity (Wildman–Crippen MR) is 62.4 cm³/mol. The highest BCUT2D eigenvalue weighted by Gasteiger charge is 2.01. The van der Waals surface area contributed by atoms with E-state index in [1.807, 2.05) is 17.5 Å². The van der Waals surface area contributed by atoms with Gasteiger partial charge in [0.05, 0.1) is 17.6 Å². The van der Waals surface area contributed by atoms with Crippen molar-refractivity contribution in [2.75, 3.05) is 11.9 Å². The van der Waals surface area contributed by atoms with Crippen molar-refractivity contribution in [1.29, 1.82) is 0 Å². The number of thiazole rings is 1. The van der Waals surface area contributed by atoms with Crippen LogP contribution in [0.3, 0.4) is 0 Å². The zero-order chi connectivity index (χ0) is 10.5. The van der Waals surface area contributed by atoms with E-state index in [4.69, 9.17) is 5.73 Å². The van der Waals surface area contributed by atoms with E-state index >= 15 is 0 Å². The Hall–Kier alpha value is -1.46. The highest BCUT2D eigenvalue weighted by atomic mass is 32.1. The molecule has 0 amide bonds. The molecule has 78 valence electrons. The minimum absolute atomic E-state index is 0.635. The maximum atomic E-state index is 5.46. The van der Waals surface area contributed by atoms with Crippen molar-refractivity contribution in [3.05, 3.63) is 35.6 Å². The molecule has 0 unspecified atom stereocenters. The van der Waals surface area contributed by atoms with Crippen LogP contribution in [-0.4, -0.2) is 16.5 Å². The molecule has 0 atom stereocenters. The van der Waals surface area contributed by atoms with Crippen LogP contribution < -0.4 is 11.1 Å². The third-order valence-electron chi connectivity index (χ3n) is 1.87. The third kappa shape index (κ3) is 2.74. The minimum Gasteiger partial charge on any atom is -0.330 e. The van der Waals surface area contributed by atoms with E-state index in [0.717, 1.165) is 22.9 Å². The number of pyridine rings is 1. The molecule has 15 heavy (non-hydrogen) atoms. The quantitative estimate of drug-likeness (QED) is 0.824. The van der Waals surface area contributed by atoms with Crippen LogP contribution in [0.15, 0.2) is 29.9 Å². The average Bonchev–Trinajstić information content (AvgIpc) is 2.68. The molecule has 0 aliphatic carbocycles. The number of nitrogens with two attached hydrogens (primary N) is 1. The summed E-state index contributed by atoms with van der Waals surface area (Å²) in [6, 6.07) is 3.84. The molecule has 0 saturated heterocycles. The highest BCUT2D eigenvalue weighted by Crippen LogP contribution is 2.19. The second-order valence-corrected chi connectivity index (χ2v) is 3.91. The van der Waals surface area contributed by atoms with Gasteiger partial charge in [0.1, 0.15) is 0 Å². The van der Waals surface area contributed by atoms with Gasteiger partial charge >= 0.3 is 0 Å². The van der Waals surface area contributed by atoms with Gasteiger partial charge in [-0.2, -0.15) is 0 Å². The lowest BCUT2D eigenvalue weighted by Crippen LogP contribution is -2.02. The summed E-state index contributed by atoms with van der Waals surface area (Å²) < 4.78 is 0. The van der Waals surface area contributed by atoms with E-state index in [2.05, 4.69) is 15.3 Å². The Morgan fingerprint density at radius 3 is 3.13 bits per heavy atom. The lowest BCUT2D eigenvalue weighted by atomic mass is 10.3. The van der Waals surface area contributed by atoms with Gasteiger partial charge in [0.25, 0.3) is 0 Å². The Bertz CT molecular complexity index is 412. The van der Waals surface area contributed by atoms with Gasteiger partial charge in [-0.05, 0) is 18.7 Å². The molecule has 0 aliphatic rings. The average molecular weight is 220 g/mol. The fraction of sp³-hybridized carbons (Fsp3) is 0.200. The van der Waals surface area contributed by atoms with Crippen LogP contribution in [0.25, 0.3) is 0 Å². The molecular formula is C10H12N4S. The first-order valence-electron chi connectivity index (χ1n) is 4.70. The molecule has 5 heteroatoms. The number of hydrogen-bond acceptors (Lipinski definition) is 5. The van der Waals surface area contributed by atoms with Crippen LogP contribution in [0.4, 0.5) is 10.8 Å². The van der Waals surface area contributed by atoms with Gasteiger partial charge in [-0.25, -0.2) is 4.98 Å². The van der Waals surface area contributed by atoms with Crippen molar-refractivity contribution < 1.29 is 0 Å². The normalized spacial score (nSPS) is 10.2. The molecule has 0 aliphatic heterocycles. The maximum absolute atomic E-state index is 5.46. The van der Waals surface area contributed by atoms with Gasteiger partial charge < -0.3 is 11.1 Å². The Morgan fingerprint density at radius 1 is 1.47 bits per heavy atom. The first-order valence-corrected chi connectivity index (χ1v) is 5.58. The van der Waals surface area contributed by atoms with E-state index in [0.29, 0.717) is 6.54 Å². The number of nitrogens with one attached hydrogen (secondary N) is 1. The zero-order valence-electron chi connectivity index (χ0n) is 8.18. The standard InChI is InChI=1S/C10H12N4S/c11-4-3-9-7-15-10(14-9)13-8-2-1-5-12-6-8/h1-2,5-7H,3-4,11H2,(H,13,14). The van der Waals surface area contributed by atoms with Crippen molar-refractivity contribution in [3.63, 3.8) is 0 Å². The van der Waals surface area contributed by atoms with Crippen LogP contribution >= 0.6 is 11.3 Å². The maximum Gasteiger partial charge on any atom is 0.187 e. The minimum atomic E-state index is 0.635. The van der Waals surface area contributed by atoms with Crippen LogP contribution in [0.5, 0.6) is 0 Å². The summed E-state index contributed by atoms with van der Waals surface area (Å²) in [5.41, 5.74) is 7.44. The molecule has 0 fully saturated rings. The number of nitrogens with zero attached hydrogens (tertiary/aromatic N) is 2. The van der Waals surface area contributed by atoms with Gasteiger partial charge in [0.15, 0.2) is 5.13 Å². The Morgan fingerprint density at radius 2 is 2.40 bits per heavy atom. The number of rotatable bonds is 4. The van der Waals surface area contributed by atoms with Gasteiger partial charge in [0.2, 0.25) is 0 Å². The van der Waals surface area contributed by atoms with Crippen LogP contribution in [0, 0.1) is 0 Å². The summed E-state index contributed by atoms with van der Waals surface area (Å²) in [6.45, 7) is 0.635. The SMILES string of the molecule is NCCc1csc(Nc2cccnc2)n1.